The molecule has 0 bridgehead atoms. The van der Waals surface area contributed by atoms with Crippen LogP contribution in [-0.2, 0) is 4.79 Å². The second-order valence-corrected chi connectivity index (χ2v) is 5.86. The van der Waals surface area contributed by atoms with Gasteiger partial charge < -0.3 is 9.78 Å². The number of aromatic amines is 1. The summed E-state index contributed by atoms with van der Waals surface area (Å²) in [4.78, 5) is 38.3. The largest absolute Gasteiger partial charge is 0.345 e. The molecule has 0 aliphatic rings. The number of halogens is 2. The van der Waals surface area contributed by atoms with Crippen molar-refractivity contribution in [3.05, 3.63) is 86.9 Å². The minimum absolute atomic E-state index is 0.107. The van der Waals surface area contributed by atoms with Crippen LogP contribution < -0.4 is 5.69 Å². The van der Waals surface area contributed by atoms with E-state index in [1.807, 2.05) is 18.2 Å². The summed E-state index contributed by atoms with van der Waals surface area (Å²) in [5, 5.41) is 0.999. The number of Topliss-reactive ketones (excluding diaryl/α,β-unsaturated/α-hetero) is 1. The zero-order valence-electron chi connectivity index (χ0n) is 13.5. The highest BCUT2D eigenvalue weighted by Crippen LogP contribution is 2.24. The summed E-state index contributed by atoms with van der Waals surface area (Å²) >= 11 is 11.7. The number of benzene rings is 2. The first-order valence-electron chi connectivity index (χ1n) is 7.54. The molecule has 7 heteroatoms. The van der Waals surface area contributed by atoms with Gasteiger partial charge in [-0.05, 0) is 24.3 Å². The highest BCUT2D eigenvalue weighted by molar-refractivity contribution is 6.34. The summed E-state index contributed by atoms with van der Waals surface area (Å²) in [6, 6.07) is 15.7. The van der Waals surface area contributed by atoms with Crippen molar-refractivity contribution in [1.82, 2.24) is 9.97 Å². The van der Waals surface area contributed by atoms with E-state index >= 15 is 0 Å². The van der Waals surface area contributed by atoms with Crippen molar-refractivity contribution in [2.45, 2.75) is 6.42 Å². The molecule has 5 nitrogen and oxygen atoms in total. The van der Waals surface area contributed by atoms with Crippen LogP contribution in [0.15, 0.2) is 65.6 Å². The average molecular weight is 389 g/mol. The summed E-state index contributed by atoms with van der Waals surface area (Å²) < 4.78 is 0. The van der Waals surface area contributed by atoms with Gasteiger partial charge in [-0.3, -0.25) is 4.79 Å². The normalized spacial score (nSPS) is 9.77. The fraction of sp³-hybridized carbons (Fsp3) is 0.0526. The Morgan fingerprint density at radius 1 is 1.00 bits per heavy atom. The standard InChI is InChI=1S/C10H7ClN2O.C9H7ClO2/c11-8-4-2-1-3-7(8)9-5-6-12-10(14)13-9;10-8-4-2-1-3-7(8)9(12)5-6-11/h1-6H,(H,12,13,14);1-4,6H,5H2. The van der Waals surface area contributed by atoms with Crippen LogP contribution in [0.3, 0.4) is 0 Å². The van der Waals surface area contributed by atoms with Gasteiger partial charge in [-0.2, -0.15) is 0 Å². The SMILES string of the molecule is O=CCC(=O)c1ccccc1Cl.O=c1nccc(-c2ccccc2Cl)[nH]1. The highest BCUT2D eigenvalue weighted by atomic mass is 35.5. The number of aldehydes is 1. The number of nitrogens with zero attached hydrogens (tertiary/aromatic N) is 1. The number of ketones is 1. The van der Waals surface area contributed by atoms with Gasteiger partial charge in [0.25, 0.3) is 0 Å². The Balaban J connectivity index is 0.000000190. The second-order valence-electron chi connectivity index (χ2n) is 5.04. The van der Waals surface area contributed by atoms with Crippen LogP contribution in [0.5, 0.6) is 0 Å². The fourth-order valence-electron chi connectivity index (χ4n) is 2.08. The molecule has 0 unspecified atom stereocenters. The zero-order chi connectivity index (χ0) is 18.9. The van der Waals surface area contributed by atoms with E-state index in [0.29, 0.717) is 27.6 Å². The molecule has 1 heterocycles. The second kappa shape index (κ2) is 9.65. The summed E-state index contributed by atoms with van der Waals surface area (Å²) in [6.07, 6.45) is 1.92. The summed E-state index contributed by atoms with van der Waals surface area (Å²) in [5.41, 5.74) is 1.51. The third kappa shape index (κ3) is 5.37. The first-order chi connectivity index (χ1) is 12.5. The van der Waals surface area contributed by atoms with Crippen LogP contribution in [0, 0.1) is 0 Å². The molecule has 0 radical (unpaired) electrons. The number of rotatable bonds is 4. The molecule has 132 valence electrons. The fourth-order valence-corrected chi connectivity index (χ4v) is 2.56. The molecule has 0 spiro atoms. The molecular formula is C19H14Cl2N2O3. The molecule has 0 aliphatic carbocycles. The van der Waals surface area contributed by atoms with Crippen molar-refractivity contribution in [2.24, 2.45) is 0 Å². The lowest BCUT2D eigenvalue weighted by molar-refractivity contribution is -0.107. The lowest BCUT2D eigenvalue weighted by Crippen LogP contribution is -2.09. The number of nitrogens with one attached hydrogen (secondary N) is 1. The predicted molar refractivity (Wildman–Crippen MR) is 102 cm³/mol. The maximum atomic E-state index is 11.1. The molecule has 0 fully saturated rings. The number of aromatic nitrogens is 2. The Kier molecular flexibility index (Phi) is 7.26. The minimum Gasteiger partial charge on any atom is -0.305 e. The van der Waals surface area contributed by atoms with Crippen molar-refractivity contribution >= 4 is 35.3 Å². The Morgan fingerprint density at radius 2 is 1.65 bits per heavy atom. The van der Waals surface area contributed by atoms with Crippen LogP contribution in [0.25, 0.3) is 11.3 Å². The first kappa shape index (κ1) is 19.6. The summed E-state index contributed by atoms with van der Waals surface area (Å²) in [7, 11) is 0. The monoisotopic (exact) mass is 388 g/mol. The number of H-pyrrole nitrogens is 1. The molecule has 3 aromatic rings. The molecule has 3 rings (SSSR count). The van der Waals surface area contributed by atoms with Gasteiger partial charge in [-0.1, -0.05) is 53.5 Å². The molecule has 0 aliphatic heterocycles. The summed E-state index contributed by atoms with van der Waals surface area (Å²) in [5.74, 6) is -0.240. The van der Waals surface area contributed by atoms with Crippen molar-refractivity contribution in [2.75, 3.05) is 0 Å². The van der Waals surface area contributed by atoms with E-state index in [2.05, 4.69) is 9.97 Å². The molecule has 2 aromatic carbocycles. The Hall–Kier alpha value is -2.76. The molecular weight excluding hydrogens is 375 g/mol. The number of carbonyl (C=O) groups is 2. The highest BCUT2D eigenvalue weighted by Gasteiger charge is 2.07. The van der Waals surface area contributed by atoms with E-state index in [9.17, 15) is 14.4 Å². The first-order valence-corrected chi connectivity index (χ1v) is 8.30. The van der Waals surface area contributed by atoms with Gasteiger partial charge in [-0.25, -0.2) is 9.78 Å². The van der Waals surface area contributed by atoms with E-state index in [1.54, 1.807) is 36.4 Å². The van der Waals surface area contributed by atoms with Crippen molar-refractivity contribution < 1.29 is 9.59 Å². The number of carbonyl (C=O) groups excluding carboxylic acids is 2. The smallest absolute Gasteiger partial charge is 0.305 e. The molecule has 1 aromatic heterocycles. The summed E-state index contributed by atoms with van der Waals surface area (Å²) in [6.45, 7) is 0. The van der Waals surface area contributed by atoms with E-state index in [4.69, 9.17) is 23.2 Å². The van der Waals surface area contributed by atoms with Crippen LogP contribution in [-0.4, -0.2) is 22.0 Å². The lowest BCUT2D eigenvalue weighted by Gasteiger charge is -2.02. The van der Waals surface area contributed by atoms with E-state index < -0.39 is 0 Å². The van der Waals surface area contributed by atoms with Gasteiger partial charge >= 0.3 is 5.69 Å². The van der Waals surface area contributed by atoms with Crippen molar-refractivity contribution in [3.63, 3.8) is 0 Å². The molecule has 26 heavy (non-hydrogen) atoms. The third-order valence-corrected chi connectivity index (χ3v) is 3.94. The van der Waals surface area contributed by atoms with Crippen LogP contribution in [0.4, 0.5) is 0 Å². The quantitative estimate of drug-likeness (QED) is 0.412. The third-order valence-electron chi connectivity index (χ3n) is 3.28. The molecule has 0 saturated carbocycles. The van der Waals surface area contributed by atoms with Crippen molar-refractivity contribution in [1.29, 1.82) is 0 Å². The molecule has 0 amide bonds. The van der Waals surface area contributed by atoms with Gasteiger partial charge in [0.1, 0.15) is 6.29 Å². The molecule has 0 atom stereocenters. The van der Waals surface area contributed by atoms with Crippen LogP contribution in [0.2, 0.25) is 10.0 Å². The molecule has 1 N–H and O–H groups in total. The van der Waals surface area contributed by atoms with Gasteiger partial charge in [0.15, 0.2) is 5.78 Å². The van der Waals surface area contributed by atoms with Crippen LogP contribution in [0.1, 0.15) is 16.8 Å². The van der Waals surface area contributed by atoms with Gasteiger partial charge in [0, 0.05) is 22.3 Å². The van der Waals surface area contributed by atoms with Gasteiger partial charge in [-0.15, -0.1) is 0 Å². The van der Waals surface area contributed by atoms with Crippen molar-refractivity contribution in [3.8, 4) is 11.3 Å². The maximum Gasteiger partial charge on any atom is 0.345 e. The minimum atomic E-state index is -0.373. The maximum absolute atomic E-state index is 11.1. The molecule has 0 saturated heterocycles. The lowest BCUT2D eigenvalue weighted by atomic mass is 10.1. The van der Waals surface area contributed by atoms with E-state index in [1.165, 1.54) is 6.20 Å². The van der Waals surface area contributed by atoms with E-state index in [0.717, 1.165) is 5.56 Å². The Labute approximate surface area is 159 Å². The van der Waals surface area contributed by atoms with Crippen LogP contribution >= 0.6 is 23.2 Å². The zero-order valence-corrected chi connectivity index (χ0v) is 15.0. The van der Waals surface area contributed by atoms with Gasteiger partial charge in [0.2, 0.25) is 0 Å². The Bertz CT molecular complexity index is 971. The predicted octanol–water partition coefficient (Wildman–Crippen LogP) is 4.20. The topological polar surface area (TPSA) is 79.9 Å². The Morgan fingerprint density at radius 3 is 2.27 bits per heavy atom. The average Bonchev–Trinajstić information content (AvgIpc) is 2.63. The number of hydrogen-bond acceptors (Lipinski definition) is 4. The number of hydrogen-bond donors (Lipinski definition) is 1. The van der Waals surface area contributed by atoms with E-state index in [-0.39, 0.29) is 17.9 Å². The van der Waals surface area contributed by atoms with Gasteiger partial charge in [0.05, 0.1) is 17.1 Å².